The number of hydrogen-bond acceptors (Lipinski definition) is 3. The highest BCUT2D eigenvalue weighted by molar-refractivity contribution is 5.85. The van der Waals surface area contributed by atoms with E-state index >= 15 is 0 Å². The third-order valence-corrected chi connectivity index (χ3v) is 4.69. The van der Waals surface area contributed by atoms with Crippen molar-refractivity contribution in [2.45, 2.75) is 33.7 Å². The van der Waals surface area contributed by atoms with Gasteiger partial charge < -0.3 is 15.5 Å². The summed E-state index contributed by atoms with van der Waals surface area (Å²) in [5, 5.41) is 0. The van der Waals surface area contributed by atoms with Crippen LogP contribution in [0.5, 0.6) is 0 Å². The SMILES string of the molecule is Cc1cccc(N2CCN(C(=O)C(C)C(C)N)CC2)c1C.Cl.Cl. The third-order valence-electron chi connectivity index (χ3n) is 4.69. The van der Waals surface area contributed by atoms with Gasteiger partial charge in [-0.05, 0) is 38.0 Å². The van der Waals surface area contributed by atoms with Gasteiger partial charge in [0.1, 0.15) is 0 Å². The number of piperazine rings is 1. The molecule has 0 bridgehead atoms. The first-order chi connectivity index (χ1) is 9.91. The van der Waals surface area contributed by atoms with Gasteiger partial charge in [-0.2, -0.15) is 0 Å². The molecule has 0 aromatic heterocycles. The molecule has 0 radical (unpaired) electrons. The van der Waals surface area contributed by atoms with Gasteiger partial charge in [-0.25, -0.2) is 0 Å². The van der Waals surface area contributed by atoms with E-state index in [1.807, 2.05) is 18.7 Å². The number of carbonyl (C=O) groups is 1. The Labute approximate surface area is 152 Å². The Morgan fingerprint density at radius 2 is 1.65 bits per heavy atom. The lowest BCUT2D eigenvalue weighted by molar-refractivity contribution is -0.135. The largest absolute Gasteiger partial charge is 0.368 e. The van der Waals surface area contributed by atoms with Crippen LogP contribution in [0, 0.1) is 19.8 Å². The number of hydrogen-bond donors (Lipinski definition) is 1. The highest BCUT2D eigenvalue weighted by atomic mass is 35.5. The molecule has 1 fully saturated rings. The van der Waals surface area contributed by atoms with Gasteiger partial charge >= 0.3 is 0 Å². The Morgan fingerprint density at radius 1 is 1.09 bits per heavy atom. The van der Waals surface area contributed by atoms with Crippen molar-refractivity contribution in [3.8, 4) is 0 Å². The standard InChI is InChI=1S/C17H27N3O.2ClH/c1-12-6-5-7-16(13(12)2)19-8-10-20(11-9-19)17(21)14(3)15(4)18;;/h5-7,14-15H,8-11,18H2,1-4H3;2*1H. The van der Waals surface area contributed by atoms with Gasteiger partial charge in [0.25, 0.3) is 0 Å². The second kappa shape index (κ2) is 9.36. The molecule has 0 saturated carbocycles. The highest BCUT2D eigenvalue weighted by Gasteiger charge is 2.27. The third kappa shape index (κ3) is 5.00. The quantitative estimate of drug-likeness (QED) is 0.900. The minimum Gasteiger partial charge on any atom is -0.368 e. The number of rotatable bonds is 3. The summed E-state index contributed by atoms with van der Waals surface area (Å²) in [7, 11) is 0. The fourth-order valence-corrected chi connectivity index (χ4v) is 2.76. The minimum atomic E-state index is -0.0998. The molecule has 1 heterocycles. The Kier molecular flexibility index (Phi) is 8.96. The molecule has 2 rings (SSSR count). The molecule has 0 spiro atoms. The van der Waals surface area contributed by atoms with Crippen LogP contribution < -0.4 is 10.6 Å². The molecule has 1 amide bonds. The predicted octanol–water partition coefficient (Wildman–Crippen LogP) is 2.78. The Balaban J connectivity index is 0.00000242. The van der Waals surface area contributed by atoms with Crippen LogP contribution >= 0.6 is 24.8 Å². The van der Waals surface area contributed by atoms with Crippen molar-refractivity contribution in [1.82, 2.24) is 4.90 Å². The van der Waals surface area contributed by atoms with E-state index in [0.717, 1.165) is 26.2 Å². The Hall–Kier alpha value is -0.970. The number of amides is 1. The first kappa shape index (κ1) is 22.0. The normalized spacial score (nSPS) is 16.9. The maximum atomic E-state index is 12.3. The average molecular weight is 362 g/mol. The number of benzene rings is 1. The van der Waals surface area contributed by atoms with E-state index in [-0.39, 0.29) is 42.7 Å². The van der Waals surface area contributed by atoms with Crippen LogP contribution in [0.15, 0.2) is 18.2 Å². The summed E-state index contributed by atoms with van der Waals surface area (Å²) < 4.78 is 0. The summed E-state index contributed by atoms with van der Waals surface area (Å²) in [6, 6.07) is 6.33. The van der Waals surface area contributed by atoms with Gasteiger partial charge in [-0.3, -0.25) is 4.79 Å². The molecule has 2 N–H and O–H groups in total. The fourth-order valence-electron chi connectivity index (χ4n) is 2.76. The van der Waals surface area contributed by atoms with Gasteiger partial charge in [-0.1, -0.05) is 19.1 Å². The summed E-state index contributed by atoms with van der Waals surface area (Å²) in [6.45, 7) is 11.5. The van der Waals surface area contributed by atoms with Crippen LogP contribution in [0.4, 0.5) is 5.69 Å². The zero-order valence-corrected chi connectivity index (χ0v) is 16.0. The molecular weight excluding hydrogens is 333 g/mol. The second-order valence-corrected chi connectivity index (χ2v) is 6.18. The molecule has 1 saturated heterocycles. The first-order valence-electron chi connectivity index (χ1n) is 7.77. The number of anilines is 1. The maximum Gasteiger partial charge on any atom is 0.227 e. The van der Waals surface area contributed by atoms with Crippen LogP contribution in [-0.2, 0) is 4.79 Å². The maximum absolute atomic E-state index is 12.3. The number of aryl methyl sites for hydroxylation is 1. The molecule has 4 nitrogen and oxygen atoms in total. The van der Waals surface area contributed by atoms with Crippen LogP contribution in [-0.4, -0.2) is 43.0 Å². The number of nitrogens with zero attached hydrogens (tertiary/aromatic N) is 2. The van der Waals surface area contributed by atoms with E-state index in [4.69, 9.17) is 5.73 Å². The fraction of sp³-hybridized carbons (Fsp3) is 0.588. The number of carbonyl (C=O) groups excluding carboxylic acids is 1. The lowest BCUT2D eigenvalue weighted by atomic mass is 10.0. The van der Waals surface area contributed by atoms with Crippen molar-refractivity contribution < 1.29 is 4.79 Å². The summed E-state index contributed by atoms with van der Waals surface area (Å²) in [4.78, 5) is 16.7. The van der Waals surface area contributed by atoms with Gasteiger partial charge in [0, 0.05) is 37.9 Å². The van der Waals surface area contributed by atoms with Crippen LogP contribution in [0.3, 0.4) is 0 Å². The van der Waals surface area contributed by atoms with Crippen LogP contribution in [0.1, 0.15) is 25.0 Å². The highest BCUT2D eigenvalue weighted by Crippen LogP contribution is 2.24. The molecule has 132 valence electrons. The van der Waals surface area contributed by atoms with Gasteiger partial charge in [0.05, 0.1) is 5.92 Å². The number of halogens is 2. The minimum absolute atomic E-state index is 0. The second-order valence-electron chi connectivity index (χ2n) is 6.18. The molecule has 1 aromatic rings. The van der Waals surface area contributed by atoms with E-state index in [0.29, 0.717) is 0 Å². The van der Waals surface area contributed by atoms with E-state index in [2.05, 4.69) is 36.9 Å². The van der Waals surface area contributed by atoms with E-state index in [1.54, 1.807) is 0 Å². The molecule has 0 aliphatic carbocycles. The van der Waals surface area contributed by atoms with E-state index in [9.17, 15) is 4.79 Å². The zero-order chi connectivity index (χ0) is 15.6. The van der Waals surface area contributed by atoms with Crippen LogP contribution in [0.2, 0.25) is 0 Å². The monoisotopic (exact) mass is 361 g/mol. The van der Waals surface area contributed by atoms with E-state index < -0.39 is 0 Å². The summed E-state index contributed by atoms with van der Waals surface area (Å²) in [5.41, 5.74) is 9.79. The summed E-state index contributed by atoms with van der Waals surface area (Å²) >= 11 is 0. The van der Waals surface area contributed by atoms with Crippen molar-refractivity contribution >= 4 is 36.4 Å². The molecule has 2 atom stereocenters. The Bertz CT molecular complexity index is 515. The van der Waals surface area contributed by atoms with Gasteiger partial charge in [0.15, 0.2) is 0 Å². The molecule has 2 unspecified atom stereocenters. The van der Waals surface area contributed by atoms with Crippen molar-refractivity contribution in [3.63, 3.8) is 0 Å². The molecule has 1 aliphatic heterocycles. The van der Waals surface area contributed by atoms with Gasteiger partial charge in [-0.15, -0.1) is 24.8 Å². The number of nitrogens with two attached hydrogens (primary N) is 1. The van der Waals surface area contributed by atoms with Crippen LogP contribution in [0.25, 0.3) is 0 Å². The average Bonchev–Trinajstić information content (AvgIpc) is 2.48. The molecule has 1 aliphatic rings. The van der Waals surface area contributed by atoms with Gasteiger partial charge in [0.2, 0.25) is 5.91 Å². The zero-order valence-electron chi connectivity index (χ0n) is 14.4. The molecule has 1 aromatic carbocycles. The van der Waals surface area contributed by atoms with Crippen molar-refractivity contribution in [2.75, 3.05) is 31.1 Å². The summed E-state index contributed by atoms with van der Waals surface area (Å²) in [6.07, 6.45) is 0. The lowest BCUT2D eigenvalue weighted by Crippen LogP contribution is -2.52. The molecule has 23 heavy (non-hydrogen) atoms. The smallest absolute Gasteiger partial charge is 0.227 e. The topological polar surface area (TPSA) is 49.6 Å². The van der Waals surface area contributed by atoms with Crippen molar-refractivity contribution in [1.29, 1.82) is 0 Å². The molecule has 6 heteroatoms. The summed E-state index contributed by atoms with van der Waals surface area (Å²) in [5.74, 6) is 0.0860. The van der Waals surface area contributed by atoms with E-state index in [1.165, 1.54) is 16.8 Å². The van der Waals surface area contributed by atoms with Crippen molar-refractivity contribution in [2.24, 2.45) is 11.7 Å². The predicted molar refractivity (Wildman–Crippen MR) is 102 cm³/mol. The van der Waals surface area contributed by atoms with Crippen molar-refractivity contribution in [3.05, 3.63) is 29.3 Å². The Morgan fingerprint density at radius 3 is 2.17 bits per heavy atom. The molecular formula is C17H29Cl2N3O. The first-order valence-corrected chi connectivity index (χ1v) is 7.77. The lowest BCUT2D eigenvalue weighted by Gasteiger charge is -2.38.